The standard InChI is InChI=1S/C15H9F24O3P/c16-1(4(19)20)10(28,29)13(34,35)7(25)40-43(41-8(26)14(36,37)11(30,31)2(17)5(21)22)42-9(27)15(38,39)12(32,33)3(18)6(23)24/h1-9H. The molecule has 0 spiro atoms. The fourth-order valence-electron chi connectivity index (χ4n) is 1.98. The van der Waals surface area contributed by atoms with Gasteiger partial charge in [-0.05, 0) is 0 Å². The van der Waals surface area contributed by atoms with Crippen molar-refractivity contribution >= 4 is 8.60 Å². The molecule has 0 aromatic heterocycles. The Morgan fingerprint density at radius 2 is 0.465 bits per heavy atom. The topological polar surface area (TPSA) is 27.7 Å². The molecule has 0 aliphatic carbocycles. The fraction of sp³-hybridized carbons (Fsp3) is 1.00. The lowest BCUT2D eigenvalue weighted by Gasteiger charge is -2.35. The van der Waals surface area contributed by atoms with Crippen molar-refractivity contribution in [2.24, 2.45) is 0 Å². The highest BCUT2D eigenvalue weighted by molar-refractivity contribution is 7.41. The largest absolute Gasteiger partial charge is 0.368 e. The molecule has 28 heteroatoms. The van der Waals surface area contributed by atoms with E-state index in [0.717, 1.165) is 0 Å². The zero-order chi connectivity index (χ0) is 34.9. The molecule has 6 unspecified atom stereocenters. The van der Waals surface area contributed by atoms with Gasteiger partial charge in [0.2, 0.25) is 18.5 Å². The van der Waals surface area contributed by atoms with E-state index in [9.17, 15) is 105 Å². The van der Waals surface area contributed by atoms with E-state index < -0.39 is 101 Å². The zero-order valence-corrected chi connectivity index (χ0v) is 19.8. The highest BCUT2D eigenvalue weighted by atomic mass is 31.2. The van der Waals surface area contributed by atoms with Crippen LogP contribution in [-0.2, 0) is 13.6 Å². The average molecular weight is 724 g/mol. The molecule has 6 atom stereocenters. The van der Waals surface area contributed by atoms with Crippen LogP contribution in [-0.4, -0.2) is 92.4 Å². The van der Waals surface area contributed by atoms with Gasteiger partial charge in [-0.15, -0.1) is 0 Å². The van der Waals surface area contributed by atoms with Crippen LogP contribution in [0.1, 0.15) is 0 Å². The summed E-state index contributed by atoms with van der Waals surface area (Å²) < 4.78 is 321. The molecule has 0 heterocycles. The SMILES string of the molecule is FC(F)C(F)C(F)(F)C(F)(F)C(F)OP(OC(F)C(F)(F)C(F)(F)C(F)C(F)F)OC(F)C(F)(F)C(F)(F)C(F)C(F)F. The Kier molecular flexibility index (Phi) is 13.5. The highest BCUT2D eigenvalue weighted by Crippen LogP contribution is 2.56. The molecule has 0 aliphatic heterocycles. The Morgan fingerprint density at radius 3 is 0.605 bits per heavy atom. The van der Waals surface area contributed by atoms with Crippen molar-refractivity contribution in [1.82, 2.24) is 0 Å². The van der Waals surface area contributed by atoms with Crippen LogP contribution in [0.15, 0.2) is 0 Å². The molecule has 0 radical (unpaired) electrons. The summed E-state index contributed by atoms with van der Waals surface area (Å²) in [6, 6.07) is 0. The molecular formula is C15H9F24O3P. The van der Waals surface area contributed by atoms with Crippen molar-refractivity contribution in [1.29, 1.82) is 0 Å². The molecule has 0 amide bonds. The summed E-state index contributed by atoms with van der Waals surface area (Å²) >= 11 is 0. The summed E-state index contributed by atoms with van der Waals surface area (Å²) in [5, 5.41) is 0. The summed E-state index contributed by atoms with van der Waals surface area (Å²) in [4.78, 5) is 0. The Hall–Kier alpha value is -1.37. The van der Waals surface area contributed by atoms with Crippen LogP contribution in [0.3, 0.4) is 0 Å². The summed E-state index contributed by atoms with van der Waals surface area (Å²) in [5.74, 6) is -42.7. The van der Waals surface area contributed by atoms with Crippen LogP contribution < -0.4 is 0 Å². The first-order valence-corrected chi connectivity index (χ1v) is 10.7. The van der Waals surface area contributed by atoms with Crippen molar-refractivity contribution in [2.45, 2.75) is 92.4 Å². The van der Waals surface area contributed by atoms with E-state index in [-0.39, 0.29) is 0 Å². The highest BCUT2D eigenvalue weighted by Gasteiger charge is 2.73. The van der Waals surface area contributed by atoms with E-state index in [1.54, 1.807) is 0 Å². The number of hydrogen-bond acceptors (Lipinski definition) is 3. The van der Waals surface area contributed by atoms with Crippen molar-refractivity contribution in [2.75, 3.05) is 0 Å². The Bertz CT molecular complexity index is 764. The molecule has 0 saturated heterocycles. The maximum atomic E-state index is 13.7. The third-order valence-electron chi connectivity index (χ3n) is 4.43. The molecule has 0 aromatic carbocycles. The van der Waals surface area contributed by atoms with Crippen molar-refractivity contribution in [3.05, 3.63) is 0 Å². The lowest BCUT2D eigenvalue weighted by atomic mass is 10.1. The molecular weight excluding hydrogens is 715 g/mol. The summed E-state index contributed by atoms with van der Waals surface area (Å²) in [7, 11) is -6.11. The minimum atomic E-state index is -7.19. The molecule has 0 fully saturated rings. The number of hydrogen-bond donors (Lipinski definition) is 0. The predicted octanol–water partition coefficient (Wildman–Crippen LogP) is 8.77. The van der Waals surface area contributed by atoms with E-state index in [4.69, 9.17) is 0 Å². The monoisotopic (exact) mass is 724 g/mol. The van der Waals surface area contributed by atoms with Crippen LogP contribution in [0.5, 0.6) is 0 Å². The Labute approximate surface area is 221 Å². The quantitative estimate of drug-likeness (QED) is 0.105. The maximum Gasteiger partial charge on any atom is 0.368 e. The van der Waals surface area contributed by atoms with E-state index in [2.05, 4.69) is 13.6 Å². The first kappa shape index (κ1) is 41.6. The van der Waals surface area contributed by atoms with Gasteiger partial charge in [0.1, 0.15) is 0 Å². The van der Waals surface area contributed by atoms with Gasteiger partial charge in [0.15, 0.2) is 0 Å². The molecule has 0 aromatic rings. The second-order valence-corrected chi connectivity index (χ2v) is 8.51. The van der Waals surface area contributed by atoms with E-state index in [1.165, 1.54) is 0 Å². The van der Waals surface area contributed by atoms with E-state index >= 15 is 0 Å². The average Bonchev–Trinajstić information content (AvgIpc) is 2.85. The van der Waals surface area contributed by atoms with Gasteiger partial charge < -0.3 is 0 Å². The predicted molar refractivity (Wildman–Crippen MR) is 87.2 cm³/mol. The second-order valence-electron chi connectivity index (χ2n) is 7.43. The minimum absolute atomic E-state index is 2.60. The fourth-order valence-corrected chi connectivity index (χ4v) is 2.98. The van der Waals surface area contributed by atoms with Crippen LogP contribution in [0, 0.1) is 0 Å². The van der Waals surface area contributed by atoms with Gasteiger partial charge >= 0.3 is 44.1 Å². The molecule has 3 nitrogen and oxygen atoms in total. The third kappa shape index (κ3) is 8.27. The van der Waals surface area contributed by atoms with Gasteiger partial charge in [-0.3, -0.25) is 13.6 Å². The van der Waals surface area contributed by atoms with Crippen LogP contribution in [0.25, 0.3) is 0 Å². The number of rotatable bonds is 18. The number of halogens is 24. The third-order valence-corrected chi connectivity index (χ3v) is 5.50. The van der Waals surface area contributed by atoms with E-state index in [0.29, 0.717) is 0 Å². The van der Waals surface area contributed by atoms with Gasteiger partial charge in [-0.2, -0.15) is 52.7 Å². The first-order chi connectivity index (χ1) is 18.9. The molecule has 0 aliphatic rings. The van der Waals surface area contributed by atoms with Gasteiger partial charge in [0, 0.05) is 0 Å². The lowest BCUT2D eigenvalue weighted by Crippen LogP contribution is -2.57. The molecule has 0 N–H and O–H groups in total. The van der Waals surface area contributed by atoms with Crippen molar-refractivity contribution in [3.63, 3.8) is 0 Å². The Balaban J connectivity index is 6.64. The molecule has 0 saturated carbocycles. The summed E-state index contributed by atoms with van der Waals surface area (Å²) in [6.07, 6.45) is -49.1. The van der Waals surface area contributed by atoms with Gasteiger partial charge in [0.25, 0.3) is 38.3 Å². The molecule has 260 valence electrons. The van der Waals surface area contributed by atoms with Gasteiger partial charge in [-0.1, -0.05) is 0 Å². The summed E-state index contributed by atoms with van der Waals surface area (Å²) in [6.45, 7) is 0. The van der Waals surface area contributed by atoms with Crippen molar-refractivity contribution in [3.8, 4) is 0 Å². The van der Waals surface area contributed by atoms with Gasteiger partial charge in [0.05, 0.1) is 0 Å². The molecule has 0 rings (SSSR count). The molecule has 0 bridgehead atoms. The minimum Gasteiger partial charge on any atom is -0.270 e. The van der Waals surface area contributed by atoms with Crippen LogP contribution in [0.2, 0.25) is 0 Å². The maximum absolute atomic E-state index is 13.7. The smallest absolute Gasteiger partial charge is 0.270 e. The molecule has 43 heavy (non-hydrogen) atoms. The van der Waals surface area contributed by atoms with E-state index in [1.807, 2.05) is 0 Å². The first-order valence-electron chi connectivity index (χ1n) is 9.62. The zero-order valence-electron chi connectivity index (χ0n) is 18.9. The lowest BCUT2D eigenvalue weighted by molar-refractivity contribution is -0.323. The second kappa shape index (κ2) is 14.0. The Morgan fingerprint density at radius 1 is 0.302 bits per heavy atom. The van der Waals surface area contributed by atoms with Crippen LogP contribution in [0.4, 0.5) is 105 Å². The normalized spacial score (nSPS) is 19.9. The number of alkyl halides is 24. The van der Waals surface area contributed by atoms with Crippen molar-refractivity contribution < 1.29 is 119 Å². The summed E-state index contributed by atoms with van der Waals surface area (Å²) in [5.41, 5.74) is 0. The van der Waals surface area contributed by atoms with Crippen LogP contribution >= 0.6 is 8.60 Å². The van der Waals surface area contributed by atoms with Gasteiger partial charge in [-0.25, -0.2) is 52.7 Å².